The third kappa shape index (κ3) is 4.10. The van der Waals surface area contributed by atoms with E-state index >= 15 is 0 Å². The predicted molar refractivity (Wildman–Crippen MR) is 83.0 cm³/mol. The SMILES string of the molecule is COCCN(c1cccc(Cl)c1C(=N)N)C(C)COC. The molecule has 1 rings (SSSR count). The minimum atomic E-state index is -0.0439. The van der Waals surface area contributed by atoms with Gasteiger partial charge in [0.25, 0.3) is 0 Å². The highest BCUT2D eigenvalue weighted by Gasteiger charge is 2.20. The van der Waals surface area contributed by atoms with Gasteiger partial charge in [-0.3, -0.25) is 5.41 Å². The van der Waals surface area contributed by atoms with Crippen molar-refractivity contribution in [3.05, 3.63) is 28.8 Å². The van der Waals surface area contributed by atoms with Crippen LogP contribution in [0.25, 0.3) is 0 Å². The fraction of sp³-hybridized carbons (Fsp3) is 0.500. The van der Waals surface area contributed by atoms with E-state index in [4.69, 9.17) is 32.2 Å². The molecular weight excluding hydrogens is 278 g/mol. The molecule has 0 aromatic heterocycles. The van der Waals surface area contributed by atoms with Crippen LogP contribution in [0.1, 0.15) is 12.5 Å². The van der Waals surface area contributed by atoms with Gasteiger partial charge in [-0.15, -0.1) is 0 Å². The van der Waals surface area contributed by atoms with Gasteiger partial charge in [-0.05, 0) is 19.1 Å². The average Bonchev–Trinajstić information content (AvgIpc) is 2.39. The molecule has 0 aliphatic heterocycles. The number of hydrogen-bond donors (Lipinski definition) is 2. The summed E-state index contributed by atoms with van der Waals surface area (Å²) < 4.78 is 10.4. The molecule has 6 heteroatoms. The zero-order valence-corrected chi connectivity index (χ0v) is 12.9. The number of nitrogens with two attached hydrogens (primary N) is 1. The van der Waals surface area contributed by atoms with Crippen molar-refractivity contribution >= 4 is 23.1 Å². The summed E-state index contributed by atoms with van der Waals surface area (Å²) in [6.45, 7) is 3.84. The van der Waals surface area contributed by atoms with Crippen LogP contribution < -0.4 is 10.6 Å². The van der Waals surface area contributed by atoms with Crippen molar-refractivity contribution in [1.29, 1.82) is 5.41 Å². The Hall–Kier alpha value is -1.30. The molecule has 0 heterocycles. The van der Waals surface area contributed by atoms with Gasteiger partial charge < -0.3 is 20.1 Å². The molecule has 0 aliphatic rings. The number of benzene rings is 1. The zero-order valence-electron chi connectivity index (χ0n) is 12.1. The van der Waals surface area contributed by atoms with Crippen molar-refractivity contribution in [2.45, 2.75) is 13.0 Å². The van der Waals surface area contributed by atoms with Gasteiger partial charge in [0.15, 0.2) is 0 Å². The minimum absolute atomic E-state index is 0.0439. The van der Waals surface area contributed by atoms with E-state index in [9.17, 15) is 0 Å². The van der Waals surface area contributed by atoms with Crippen LogP contribution in [0.15, 0.2) is 18.2 Å². The Bertz CT molecular complexity index is 454. The molecule has 112 valence electrons. The molecule has 3 N–H and O–H groups in total. The van der Waals surface area contributed by atoms with Gasteiger partial charge >= 0.3 is 0 Å². The van der Waals surface area contributed by atoms with Crippen molar-refractivity contribution in [2.75, 3.05) is 38.9 Å². The lowest BCUT2D eigenvalue weighted by atomic mass is 10.1. The molecule has 0 saturated carbocycles. The Labute approximate surface area is 125 Å². The van der Waals surface area contributed by atoms with Gasteiger partial charge in [0.2, 0.25) is 0 Å². The summed E-state index contributed by atoms with van der Waals surface area (Å²) in [4.78, 5) is 2.09. The van der Waals surface area contributed by atoms with Crippen LogP contribution in [0.4, 0.5) is 5.69 Å². The molecule has 0 fully saturated rings. The van der Waals surface area contributed by atoms with Crippen molar-refractivity contribution in [3.63, 3.8) is 0 Å². The number of halogens is 1. The zero-order chi connectivity index (χ0) is 15.1. The van der Waals surface area contributed by atoms with Crippen molar-refractivity contribution in [1.82, 2.24) is 0 Å². The fourth-order valence-electron chi connectivity index (χ4n) is 2.12. The summed E-state index contributed by atoms with van der Waals surface area (Å²) >= 11 is 6.17. The number of nitrogens with one attached hydrogen (secondary N) is 1. The highest BCUT2D eigenvalue weighted by atomic mass is 35.5. The van der Waals surface area contributed by atoms with E-state index in [1.165, 1.54) is 0 Å². The molecule has 20 heavy (non-hydrogen) atoms. The van der Waals surface area contributed by atoms with E-state index < -0.39 is 0 Å². The van der Waals surface area contributed by atoms with Gasteiger partial charge in [-0.25, -0.2) is 0 Å². The quantitative estimate of drug-likeness (QED) is 0.570. The summed E-state index contributed by atoms with van der Waals surface area (Å²) in [6.07, 6.45) is 0. The number of anilines is 1. The molecule has 1 unspecified atom stereocenters. The van der Waals surface area contributed by atoms with Crippen LogP contribution in [-0.2, 0) is 9.47 Å². The first kappa shape index (κ1) is 16.8. The van der Waals surface area contributed by atoms with Gasteiger partial charge in [-0.1, -0.05) is 17.7 Å². The first-order valence-corrected chi connectivity index (χ1v) is 6.78. The van der Waals surface area contributed by atoms with Gasteiger partial charge in [0.05, 0.1) is 23.8 Å². The molecule has 1 aromatic rings. The summed E-state index contributed by atoms with van der Waals surface area (Å²) in [7, 11) is 3.32. The molecular formula is C14H22ClN3O2. The van der Waals surface area contributed by atoms with E-state index in [0.29, 0.717) is 30.3 Å². The Kier molecular flexibility index (Phi) is 6.78. The molecule has 0 radical (unpaired) electrons. The molecule has 1 aromatic carbocycles. The maximum Gasteiger partial charge on any atom is 0.126 e. The summed E-state index contributed by atoms with van der Waals surface area (Å²) in [5, 5.41) is 8.21. The largest absolute Gasteiger partial charge is 0.384 e. The Morgan fingerprint density at radius 2 is 2.10 bits per heavy atom. The van der Waals surface area contributed by atoms with Crippen LogP contribution >= 0.6 is 11.6 Å². The molecule has 0 saturated heterocycles. The first-order chi connectivity index (χ1) is 9.52. The number of rotatable bonds is 8. The van der Waals surface area contributed by atoms with Gasteiger partial charge in [0, 0.05) is 32.5 Å². The standard InChI is InChI=1S/C14H22ClN3O2/c1-10(9-20-3)18(7-8-19-2)12-6-4-5-11(15)13(12)14(16)17/h4-6,10H,7-9H2,1-3H3,(H3,16,17). The first-order valence-electron chi connectivity index (χ1n) is 6.40. The normalized spacial score (nSPS) is 12.2. The fourth-order valence-corrected chi connectivity index (χ4v) is 2.39. The maximum atomic E-state index is 7.73. The molecule has 1 atom stereocenters. The summed E-state index contributed by atoms with van der Waals surface area (Å²) in [5.41, 5.74) is 7.04. The van der Waals surface area contributed by atoms with E-state index in [2.05, 4.69) is 4.90 Å². The Morgan fingerprint density at radius 1 is 1.40 bits per heavy atom. The monoisotopic (exact) mass is 299 g/mol. The topological polar surface area (TPSA) is 71.6 Å². The third-order valence-electron chi connectivity index (χ3n) is 3.05. The average molecular weight is 300 g/mol. The van der Waals surface area contributed by atoms with E-state index in [0.717, 1.165) is 5.69 Å². The van der Waals surface area contributed by atoms with E-state index in [-0.39, 0.29) is 11.9 Å². The second-order valence-electron chi connectivity index (χ2n) is 4.54. The molecule has 0 amide bonds. The lowest BCUT2D eigenvalue weighted by molar-refractivity contribution is 0.171. The Balaban J connectivity index is 3.18. The van der Waals surface area contributed by atoms with Crippen LogP contribution in [0, 0.1) is 5.41 Å². The molecule has 5 nitrogen and oxygen atoms in total. The van der Waals surface area contributed by atoms with Gasteiger partial charge in [-0.2, -0.15) is 0 Å². The lowest BCUT2D eigenvalue weighted by Crippen LogP contribution is -2.40. The third-order valence-corrected chi connectivity index (χ3v) is 3.36. The van der Waals surface area contributed by atoms with Crippen LogP contribution in [-0.4, -0.2) is 45.9 Å². The number of hydrogen-bond acceptors (Lipinski definition) is 4. The summed E-state index contributed by atoms with van der Waals surface area (Å²) in [5.74, 6) is -0.0439. The number of methoxy groups -OCH3 is 2. The second kappa shape index (κ2) is 8.09. The lowest BCUT2D eigenvalue weighted by Gasteiger charge is -2.32. The number of nitrogen functional groups attached to an aromatic ring is 1. The van der Waals surface area contributed by atoms with Crippen molar-refractivity contribution < 1.29 is 9.47 Å². The molecule has 0 bridgehead atoms. The van der Waals surface area contributed by atoms with Crippen LogP contribution in [0.2, 0.25) is 5.02 Å². The maximum absolute atomic E-state index is 7.73. The van der Waals surface area contributed by atoms with Gasteiger partial charge in [0.1, 0.15) is 5.84 Å². The highest BCUT2D eigenvalue weighted by Crippen LogP contribution is 2.28. The predicted octanol–water partition coefficient (Wildman–Crippen LogP) is 2.11. The van der Waals surface area contributed by atoms with E-state index in [1.807, 2.05) is 19.1 Å². The van der Waals surface area contributed by atoms with E-state index in [1.54, 1.807) is 20.3 Å². The second-order valence-corrected chi connectivity index (χ2v) is 4.95. The van der Waals surface area contributed by atoms with Crippen molar-refractivity contribution in [2.24, 2.45) is 5.73 Å². The Morgan fingerprint density at radius 3 is 2.65 bits per heavy atom. The van der Waals surface area contributed by atoms with Crippen molar-refractivity contribution in [3.8, 4) is 0 Å². The van der Waals surface area contributed by atoms with Crippen LogP contribution in [0.5, 0.6) is 0 Å². The highest BCUT2D eigenvalue weighted by molar-refractivity contribution is 6.34. The number of nitrogens with zero attached hydrogens (tertiary/aromatic N) is 1. The number of amidine groups is 1. The summed E-state index contributed by atoms with van der Waals surface area (Å²) in [6, 6.07) is 5.61. The molecule has 0 aliphatic carbocycles. The number of ether oxygens (including phenoxy) is 2. The smallest absolute Gasteiger partial charge is 0.126 e. The minimum Gasteiger partial charge on any atom is -0.384 e. The van der Waals surface area contributed by atoms with Crippen LogP contribution in [0.3, 0.4) is 0 Å². The molecule has 0 spiro atoms.